The number of para-hydroxylation sites is 1. The van der Waals surface area contributed by atoms with Crippen molar-refractivity contribution in [1.82, 2.24) is 24.8 Å². The van der Waals surface area contributed by atoms with E-state index in [9.17, 15) is 4.79 Å². The lowest BCUT2D eigenvalue weighted by Crippen LogP contribution is -2.31. The smallest absolute Gasteiger partial charge is 0.256 e. The summed E-state index contributed by atoms with van der Waals surface area (Å²) in [6, 6.07) is 9.36. The average Bonchev–Trinajstić information content (AvgIpc) is 3.35. The van der Waals surface area contributed by atoms with Gasteiger partial charge < -0.3 is 9.42 Å². The van der Waals surface area contributed by atoms with E-state index < -0.39 is 0 Å². The molecule has 1 aromatic carbocycles. The van der Waals surface area contributed by atoms with Crippen molar-refractivity contribution in [2.45, 2.75) is 25.8 Å². The van der Waals surface area contributed by atoms with Gasteiger partial charge in [0.1, 0.15) is 24.1 Å². The lowest BCUT2D eigenvalue weighted by molar-refractivity contribution is 0.0731. The third-order valence-electron chi connectivity index (χ3n) is 4.33. The van der Waals surface area contributed by atoms with Gasteiger partial charge in [-0.3, -0.25) is 9.36 Å². The first-order chi connectivity index (χ1) is 11.7. The number of hydrogen-bond acceptors (Lipinski definition) is 5. The second-order valence-corrected chi connectivity index (χ2v) is 5.91. The molecular formula is C17H17N5O2. The summed E-state index contributed by atoms with van der Waals surface area (Å²) in [5, 5.41) is 11.8. The highest BCUT2D eigenvalue weighted by atomic mass is 16.5. The Labute approximate surface area is 138 Å². The predicted octanol–water partition coefficient (Wildman–Crippen LogP) is 2.54. The molecule has 3 heterocycles. The van der Waals surface area contributed by atoms with Crippen molar-refractivity contribution in [1.29, 1.82) is 0 Å². The molecule has 1 atom stereocenters. The van der Waals surface area contributed by atoms with Crippen molar-refractivity contribution in [3.05, 3.63) is 60.0 Å². The van der Waals surface area contributed by atoms with E-state index in [0.717, 1.165) is 30.0 Å². The van der Waals surface area contributed by atoms with Gasteiger partial charge in [-0.15, -0.1) is 10.2 Å². The van der Waals surface area contributed by atoms with Crippen molar-refractivity contribution in [2.24, 2.45) is 0 Å². The quantitative estimate of drug-likeness (QED) is 0.740. The van der Waals surface area contributed by atoms with Gasteiger partial charge in [0.25, 0.3) is 5.91 Å². The molecule has 4 rings (SSSR count). The van der Waals surface area contributed by atoms with Crippen LogP contribution in [0.1, 0.15) is 40.7 Å². The molecule has 1 amide bonds. The van der Waals surface area contributed by atoms with Gasteiger partial charge in [-0.25, -0.2) is 0 Å². The van der Waals surface area contributed by atoms with Gasteiger partial charge >= 0.3 is 0 Å². The number of carbonyl (C=O) groups excluding carboxylic acids is 1. The molecule has 1 aliphatic heterocycles. The third kappa shape index (κ3) is 2.47. The topological polar surface area (TPSA) is 77.1 Å². The Balaban J connectivity index is 1.69. The van der Waals surface area contributed by atoms with E-state index in [2.05, 4.69) is 15.4 Å². The fourth-order valence-corrected chi connectivity index (χ4v) is 3.22. The van der Waals surface area contributed by atoms with Gasteiger partial charge in [0.15, 0.2) is 0 Å². The molecule has 1 aliphatic rings. The molecule has 1 fully saturated rings. The lowest BCUT2D eigenvalue weighted by Gasteiger charge is -2.24. The molecule has 122 valence electrons. The second-order valence-electron chi connectivity index (χ2n) is 5.91. The normalized spacial score (nSPS) is 17.4. The Morgan fingerprint density at radius 2 is 2.04 bits per heavy atom. The van der Waals surface area contributed by atoms with Crippen molar-refractivity contribution >= 4 is 5.91 Å². The fourth-order valence-electron chi connectivity index (χ4n) is 3.22. The van der Waals surface area contributed by atoms with Gasteiger partial charge in [-0.1, -0.05) is 17.3 Å². The molecule has 0 N–H and O–H groups in total. The van der Waals surface area contributed by atoms with E-state index in [4.69, 9.17) is 4.52 Å². The van der Waals surface area contributed by atoms with Gasteiger partial charge in [-0.05, 0) is 31.9 Å². The minimum Gasteiger partial charge on any atom is -0.361 e. The lowest BCUT2D eigenvalue weighted by atomic mass is 10.1. The van der Waals surface area contributed by atoms with E-state index in [0.29, 0.717) is 12.1 Å². The molecule has 2 aromatic heterocycles. The predicted molar refractivity (Wildman–Crippen MR) is 85.6 cm³/mol. The van der Waals surface area contributed by atoms with Crippen LogP contribution in [-0.4, -0.2) is 37.3 Å². The minimum absolute atomic E-state index is 0.0116. The van der Waals surface area contributed by atoms with E-state index in [1.54, 1.807) is 17.2 Å². The minimum atomic E-state index is -0.0380. The standard InChI is InChI=1S/C17H17N5O2/c1-12-9-14(20-24-12)16-7-4-8-22(16)17(23)13-5-2-3-6-15(13)21-10-18-19-11-21/h2-3,5-6,9-11,16H,4,7-8H2,1H3/t16-/m0/s1. The van der Waals surface area contributed by atoms with Crippen LogP contribution < -0.4 is 0 Å². The van der Waals surface area contributed by atoms with Crippen LogP contribution in [0.2, 0.25) is 0 Å². The SMILES string of the molecule is Cc1cc([C@@H]2CCCN2C(=O)c2ccccc2-n2cnnc2)no1. The number of nitrogens with zero attached hydrogens (tertiary/aromatic N) is 5. The summed E-state index contributed by atoms with van der Waals surface area (Å²) in [4.78, 5) is 15.0. The highest BCUT2D eigenvalue weighted by Crippen LogP contribution is 2.33. The van der Waals surface area contributed by atoms with Crippen molar-refractivity contribution in [3.8, 4) is 5.69 Å². The molecule has 0 bridgehead atoms. The van der Waals surface area contributed by atoms with Gasteiger partial charge in [-0.2, -0.15) is 0 Å². The van der Waals surface area contributed by atoms with Gasteiger partial charge in [0, 0.05) is 12.6 Å². The summed E-state index contributed by atoms with van der Waals surface area (Å²) in [6.07, 6.45) is 5.03. The fraction of sp³-hybridized carbons (Fsp3) is 0.294. The summed E-state index contributed by atoms with van der Waals surface area (Å²) >= 11 is 0. The second kappa shape index (κ2) is 5.92. The molecule has 0 unspecified atom stereocenters. The molecule has 7 nitrogen and oxygen atoms in total. The third-order valence-corrected chi connectivity index (χ3v) is 4.33. The van der Waals surface area contributed by atoms with Crippen LogP contribution in [0.15, 0.2) is 47.5 Å². The van der Waals surface area contributed by atoms with Crippen LogP contribution in [0.3, 0.4) is 0 Å². The van der Waals surface area contributed by atoms with Crippen LogP contribution >= 0.6 is 0 Å². The molecular weight excluding hydrogens is 306 g/mol. The zero-order valence-corrected chi connectivity index (χ0v) is 13.3. The molecule has 0 saturated carbocycles. The number of benzene rings is 1. The molecule has 0 radical (unpaired) electrons. The number of carbonyl (C=O) groups is 1. The number of amides is 1. The monoisotopic (exact) mass is 323 g/mol. The molecule has 7 heteroatoms. The Kier molecular flexibility index (Phi) is 3.60. The Morgan fingerprint density at radius 1 is 1.25 bits per heavy atom. The largest absolute Gasteiger partial charge is 0.361 e. The number of hydrogen-bond donors (Lipinski definition) is 0. The highest BCUT2D eigenvalue weighted by molar-refractivity contribution is 5.98. The van der Waals surface area contributed by atoms with Crippen LogP contribution in [0.5, 0.6) is 0 Å². The Hall–Kier alpha value is -2.96. The zero-order chi connectivity index (χ0) is 16.5. The van der Waals surface area contributed by atoms with Crippen LogP contribution in [0.25, 0.3) is 5.69 Å². The molecule has 3 aromatic rings. The molecule has 1 saturated heterocycles. The first kappa shape index (κ1) is 14.6. The summed E-state index contributed by atoms with van der Waals surface area (Å²) < 4.78 is 6.93. The highest BCUT2D eigenvalue weighted by Gasteiger charge is 2.33. The summed E-state index contributed by atoms with van der Waals surface area (Å²) in [6.45, 7) is 2.57. The number of rotatable bonds is 3. The molecule has 24 heavy (non-hydrogen) atoms. The first-order valence-electron chi connectivity index (χ1n) is 7.92. The van der Waals surface area contributed by atoms with Crippen LogP contribution in [0, 0.1) is 6.92 Å². The number of aromatic nitrogens is 4. The number of aryl methyl sites for hydroxylation is 1. The molecule has 0 spiro atoms. The maximum Gasteiger partial charge on any atom is 0.256 e. The zero-order valence-electron chi connectivity index (χ0n) is 13.3. The van der Waals surface area contributed by atoms with E-state index in [1.807, 2.05) is 42.2 Å². The van der Waals surface area contributed by atoms with Crippen LogP contribution in [-0.2, 0) is 0 Å². The van der Waals surface area contributed by atoms with E-state index in [1.165, 1.54) is 0 Å². The maximum absolute atomic E-state index is 13.2. The van der Waals surface area contributed by atoms with Crippen LogP contribution in [0.4, 0.5) is 0 Å². The number of likely N-dealkylation sites (tertiary alicyclic amines) is 1. The maximum atomic E-state index is 13.2. The van der Waals surface area contributed by atoms with Crippen molar-refractivity contribution in [2.75, 3.05) is 6.54 Å². The summed E-state index contributed by atoms with van der Waals surface area (Å²) in [5.74, 6) is 0.747. The van der Waals surface area contributed by atoms with Gasteiger partial charge in [0.2, 0.25) is 0 Å². The Morgan fingerprint density at radius 3 is 2.79 bits per heavy atom. The van der Waals surface area contributed by atoms with E-state index >= 15 is 0 Å². The average molecular weight is 323 g/mol. The van der Waals surface area contributed by atoms with Crippen molar-refractivity contribution < 1.29 is 9.32 Å². The summed E-state index contributed by atoms with van der Waals surface area (Å²) in [5.41, 5.74) is 2.22. The van der Waals surface area contributed by atoms with E-state index in [-0.39, 0.29) is 11.9 Å². The Bertz CT molecular complexity index is 856. The first-order valence-corrected chi connectivity index (χ1v) is 7.92. The molecule has 0 aliphatic carbocycles. The van der Waals surface area contributed by atoms with Gasteiger partial charge in [0.05, 0.1) is 17.3 Å². The summed E-state index contributed by atoms with van der Waals surface area (Å²) in [7, 11) is 0. The van der Waals surface area contributed by atoms with Crippen molar-refractivity contribution in [3.63, 3.8) is 0 Å².